The molecule has 106 valence electrons. The molecule has 0 aliphatic carbocycles. The third kappa shape index (κ3) is 2.50. The smallest absolute Gasteiger partial charge is 0.287 e. The van der Waals surface area contributed by atoms with E-state index in [0.29, 0.717) is 16.7 Å². The van der Waals surface area contributed by atoms with E-state index in [1.807, 2.05) is 0 Å². The number of amides is 1. The molecule has 3 N–H and O–H groups in total. The van der Waals surface area contributed by atoms with Gasteiger partial charge in [0.1, 0.15) is 12.2 Å². The Kier molecular flexibility index (Phi) is 3.19. The van der Waals surface area contributed by atoms with Gasteiger partial charge in [-0.15, -0.1) is 0 Å². The van der Waals surface area contributed by atoms with Crippen molar-refractivity contribution >= 4 is 16.8 Å². The topological polar surface area (TPSA) is 116 Å². The molecule has 8 heteroatoms. The van der Waals surface area contributed by atoms with Crippen LogP contribution in [0.25, 0.3) is 10.9 Å². The van der Waals surface area contributed by atoms with Gasteiger partial charge in [0.25, 0.3) is 11.5 Å². The number of benzene rings is 1. The Morgan fingerprint density at radius 2 is 2.14 bits per heavy atom. The van der Waals surface area contributed by atoms with Crippen molar-refractivity contribution in [3.05, 3.63) is 52.6 Å². The fraction of sp³-hybridized carbons (Fsp3) is 0.154. The van der Waals surface area contributed by atoms with Crippen LogP contribution in [-0.2, 0) is 0 Å². The van der Waals surface area contributed by atoms with E-state index >= 15 is 0 Å². The first kappa shape index (κ1) is 13.0. The van der Waals surface area contributed by atoms with Crippen LogP contribution in [0.15, 0.2) is 35.4 Å². The zero-order chi connectivity index (χ0) is 14.8. The van der Waals surface area contributed by atoms with Crippen LogP contribution in [0.5, 0.6) is 0 Å². The molecule has 1 amide bonds. The molecular formula is C13H12N6O2. The maximum Gasteiger partial charge on any atom is 0.287 e. The van der Waals surface area contributed by atoms with Crippen LogP contribution in [0.3, 0.4) is 0 Å². The molecule has 2 aromatic heterocycles. The van der Waals surface area contributed by atoms with Gasteiger partial charge in [-0.05, 0) is 19.1 Å². The van der Waals surface area contributed by atoms with Crippen molar-refractivity contribution < 1.29 is 4.79 Å². The molecule has 0 spiro atoms. The number of fused-ring (bicyclic) bond motifs is 1. The maximum atomic E-state index is 12.1. The minimum absolute atomic E-state index is 0.0370. The Hall–Kier alpha value is -3.03. The second-order valence-electron chi connectivity index (χ2n) is 4.50. The molecule has 0 aliphatic heterocycles. The summed E-state index contributed by atoms with van der Waals surface area (Å²) in [6, 6.07) is 6.46. The van der Waals surface area contributed by atoms with Gasteiger partial charge in [-0.3, -0.25) is 14.7 Å². The van der Waals surface area contributed by atoms with Crippen molar-refractivity contribution in [2.75, 3.05) is 0 Å². The van der Waals surface area contributed by atoms with E-state index in [9.17, 15) is 9.59 Å². The zero-order valence-electron chi connectivity index (χ0n) is 11.1. The van der Waals surface area contributed by atoms with E-state index < -0.39 is 5.91 Å². The van der Waals surface area contributed by atoms with E-state index in [1.54, 1.807) is 31.2 Å². The molecule has 0 saturated heterocycles. The molecule has 21 heavy (non-hydrogen) atoms. The SMILES string of the molecule is C[C@H](NC(=O)c1nc2ccccc2c(=O)[nH]1)c1ncn[nH]1. The zero-order valence-corrected chi connectivity index (χ0v) is 11.1. The van der Waals surface area contributed by atoms with Gasteiger partial charge in [0.2, 0.25) is 0 Å². The van der Waals surface area contributed by atoms with Crippen LogP contribution in [0, 0.1) is 0 Å². The summed E-state index contributed by atoms with van der Waals surface area (Å²) >= 11 is 0. The number of hydrogen-bond donors (Lipinski definition) is 3. The Balaban J connectivity index is 1.90. The monoisotopic (exact) mass is 284 g/mol. The molecule has 0 aliphatic rings. The summed E-state index contributed by atoms with van der Waals surface area (Å²) in [6.45, 7) is 1.75. The standard InChI is InChI=1S/C13H12N6O2/c1-7(10-14-6-15-19-10)16-13(21)11-17-9-5-3-2-4-8(9)12(20)18-11/h2-7H,1H3,(H,16,21)(H,14,15,19)(H,17,18,20)/t7-/m0/s1. The van der Waals surface area contributed by atoms with E-state index in [-0.39, 0.29) is 17.4 Å². The van der Waals surface area contributed by atoms with Crippen molar-refractivity contribution in [1.29, 1.82) is 0 Å². The molecule has 3 rings (SSSR count). The average Bonchev–Trinajstić information content (AvgIpc) is 3.01. The first-order chi connectivity index (χ1) is 10.1. The lowest BCUT2D eigenvalue weighted by Crippen LogP contribution is -2.30. The van der Waals surface area contributed by atoms with Gasteiger partial charge in [-0.25, -0.2) is 9.97 Å². The molecule has 0 fully saturated rings. The van der Waals surface area contributed by atoms with Gasteiger partial charge in [-0.1, -0.05) is 12.1 Å². The number of carbonyl (C=O) groups is 1. The van der Waals surface area contributed by atoms with Crippen LogP contribution >= 0.6 is 0 Å². The summed E-state index contributed by atoms with van der Waals surface area (Å²) in [5, 5.41) is 9.51. The van der Waals surface area contributed by atoms with Gasteiger partial charge in [0.05, 0.1) is 16.9 Å². The minimum Gasteiger partial charge on any atom is -0.340 e. The lowest BCUT2D eigenvalue weighted by Gasteiger charge is -2.10. The van der Waals surface area contributed by atoms with Gasteiger partial charge >= 0.3 is 0 Å². The highest BCUT2D eigenvalue weighted by molar-refractivity contribution is 5.92. The first-order valence-electron chi connectivity index (χ1n) is 6.30. The molecule has 1 aromatic carbocycles. The lowest BCUT2D eigenvalue weighted by atomic mass is 10.2. The predicted molar refractivity (Wildman–Crippen MR) is 74.6 cm³/mol. The summed E-state index contributed by atoms with van der Waals surface area (Å²) in [5.74, 6) is -0.00157. The van der Waals surface area contributed by atoms with Crippen LogP contribution in [-0.4, -0.2) is 31.1 Å². The van der Waals surface area contributed by atoms with E-state index in [4.69, 9.17) is 0 Å². The quantitative estimate of drug-likeness (QED) is 0.648. The summed E-state index contributed by atoms with van der Waals surface area (Å²) in [7, 11) is 0. The Morgan fingerprint density at radius 3 is 2.90 bits per heavy atom. The number of aromatic nitrogens is 5. The molecule has 0 bridgehead atoms. The van der Waals surface area contributed by atoms with Gasteiger partial charge in [0.15, 0.2) is 5.82 Å². The van der Waals surface area contributed by atoms with Crippen LogP contribution < -0.4 is 10.9 Å². The summed E-state index contributed by atoms with van der Waals surface area (Å²) in [4.78, 5) is 34.6. The lowest BCUT2D eigenvalue weighted by molar-refractivity contribution is 0.0928. The van der Waals surface area contributed by atoms with Crippen molar-refractivity contribution in [2.45, 2.75) is 13.0 Å². The molecular weight excluding hydrogens is 272 g/mol. The van der Waals surface area contributed by atoms with E-state index in [1.165, 1.54) is 6.33 Å². The van der Waals surface area contributed by atoms with E-state index in [2.05, 4.69) is 30.5 Å². The van der Waals surface area contributed by atoms with Gasteiger partial charge in [0, 0.05) is 0 Å². The number of H-pyrrole nitrogens is 2. The number of carbonyl (C=O) groups excluding carboxylic acids is 1. The number of nitrogens with zero attached hydrogens (tertiary/aromatic N) is 3. The van der Waals surface area contributed by atoms with E-state index in [0.717, 1.165) is 0 Å². The average molecular weight is 284 g/mol. The molecule has 2 heterocycles. The van der Waals surface area contributed by atoms with Crippen LogP contribution in [0.2, 0.25) is 0 Å². The highest BCUT2D eigenvalue weighted by Crippen LogP contribution is 2.08. The number of nitrogens with one attached hydrogen (secondary N) is 3. The van der Waals surface area contributed by atoms with Gasteiger partial charge in [-0.2, -0.15) is 5.10 Å². The Morgan fingerprint density at radius 1 is 1.33 bits per heavy atom. The third-order valence-electron chi connectivity index (χ3n) is 3.02. The van der Waals surface area contributed by atoms with Crippen molar-refractivity contribution in [3.8, 4) is 0 Å². The molecule has 0 unspecified atom stereocenters. The summed E-state index contributed by atoms with van der Waals surface area (Å²) in [6.07, 6.45) is 1.36. The Bertz CT molecular complexity index is 839. The van der Waals surface area contributed by atoms with Crippen molar-refractivity contribution in [2.24, 2.45) is 0 Å². The Labute approximate surface area is 118 Å². The largest absolute Gasteiger partial charge is 0.340 e. The molecule has 0 radical (unpaired) electrons. The highest BCUT2D eigenvalue weighted by atomic mass is 16.2. The molecule has 1 atom stereocenters. The number of aromatic amines is 2. The fourth-order valence-electron chi connectivity index (χ4n) is 1.95. The second kappa shape index (κ2) is 5.16. The second-order valence-corrected chi connectivity index (χ2v) is 4.50. The minimum atomic E-state index is -0.484. The van der Waals surface area contributed by atoms with Crippen molar-refractivity contribution in [1.82, 2.24) is 30.5 Å². The highest BCUT2D eigenvalue weighted by Gasteiger charge is 2.16. The number of hydrogen-bond acceptors (Lipinski definition) is 5. The first-order valence-corrected chi connectivity index (χ1v) is 6.30. The summed E-state index contributed by atoms with van der Waals surface area (Å²) in [5.41, 5.74) is 0.122. The van der Waals surface area contributed by atoms with Crippen LogP contribution in [0.4, 0.5) is 0 Å². The third-order valence-corrected chi connectivity index (χ3v) is 3.02. The summed E-state index contributed by atoms with van der Waals surface area (Å²) < 4.78 is 0. The molecule has 3 aromatic rings. The van der Waals surface area contributed by atoms with Crippen LogP contribution in [0.1, 0.15) is 29.4 Å². The van der Waals surface area contributed by atoms with Crippen molar-refractivity contribution in [3.63, 3.8) is 0 Å². The predicted octanol–water partition coefficient (Wildman–Crippen LogP) is 0.532. The molecule has 8 nitrogen and oxygen atoms in total. The van der Waals surface area contributed by atoms with Gasteiger partial charge < -0.3 is 10.3 Å². The fourth-order valence-corrected chi connectivity index (χ4v) is 1.95. The maximum absolute atomic E-state index is 12.1. The number of rotatable bonds is 3. The molecule has 0 saturated carbocycles. The number of para-hydroxylation sites is 1. The normalized spacial score (nSPS) is 12.2.